The standard InChI is InChI=1S/C13H14N4O2/c1-8-6-11(12(14)15)17-13(16-8)19-10-5-3-4-9(7-10)18-2/h3-7H,1-2H3,(H3,14,15). The van der Waals surface area contributed by atoms with E-state index < -0.39 is 0 Å². The summed E-state index contributed by atoms with van der Waals surface area (Å²) in [7, 11) is 1.58. The summed E-state index contributed by atoms with van der Waals surface area (Å²) in [6, 6.07) is 8.88. The molecule has 1 aromatic carbocycles. The van der Waals surface area contributed by atoms with Crippen LogP contribution in [0, 0.1) is 12.3 Å². The molecule has 98 valence electrons. The van der Waals surface area contributed by atoms with Crippen LogP contribution in [-0.4, -0.2) is 22.9 Å². The number of amidine groups is 1. The number of aromatic nitrogens is 2. The zero-order valence-electron chi connectivity index (χ0n) is 10.7. The lowest BCUT2D eigenvalue weighted by Gasteiger charge is -2.07. The first-order chi connectivity index (χ1) is 9.08. The maximum absolute atomic E-state index is 7.38. The van der Waals surface area contributed by atoms with Crippen LogP contribution in [0.4, 0.5) is 0 Å². The molecule has 2 rings (SSSR count). The SMILES string of the molecule is COc1cccc(Oc2nc(C)cc(C(=N)N)n2)c1. The molecule has 0 bridgehead atoms. The van der Waals surface area contributed by atoms with Gasteiger partial charge in [0.15, 0.2) is 0 Å². The van der Waals surface area contributed by atoms with E-state index in [0.29, 0.717) is 22.9 Å². The van der Waals surface area contributed by atoms with E-state index in [1.807, 2.05) is 6.07 Å². The Morgan fingerprint density at radius 2 is 1.95 bits per heavy atom. The number of rotatable bonds is 4. The minimum Gasteiger partial charge on any atom is -0.497 e. The normalized spacial score (nSPS) is 10.0. The minimum absolute atomic E-state index is 0.124. The van der Waals surface area contributed by atoms with E-state index in [1.165, 1.54) is 0 Å². The van der Waals surface area contributed by atoms with Crippen LogP contribution in [0.5, 0.6) is 17.5 Å². The van der Waals surface area contributed by atoms with Crippen molar-refractivity contribution >= 4 is 5.84 Å². The van der Waals surface area contributed by atoms with Gasteiger partial charge in [0, 0.05) is 11.8 Å². The number of nitrogens with two attached hydrogens (primary N) is 1. The minimum atomic E-state index is -0.124. The first-order valence-electron chi connectivity index (χ1n) is 5.60. The molecule has 1 aromatic heterocycles. The van der Waals surface area contributed by atoms with Crippen molar-refractivity contribution in [3.05, 3.63) is 41.7 Å². The van der Waals surface area contributed by atoms with Crippen LogP contribution in [0.2, 0.25) is 0 Å². The molecule has 0 atom stereocenters. The van der Waals surface area contributed by atoms with Gasteiger partial charge in [0.25, 0.3) is 0 Å². The zero-order chi connectivity index (χ0) is 13.8. The number of benzene rings is 1. The Labute approximate surface area is 110 Å². The molecule has 0 aliphatic carbocycles. The summed E-state index contributed by atoms with van der Waals surface area (Å²) in [6.45, 7) is 1.78. The number of nitrogen functional groups attached to an aromatic ring is 1. The Morgan fingerprint density at radius 1 is 1.21 bits per heavy atom. The number of nitrogens with one attached hydrogen (secondary N) is 1. The fourth-order valence-electron chi connectivity index (χ4n) is 1.50. The molecule has 0 radical (unpaired) electrons. The van der Waals surface area contributed by atoms with Gasteiger partial charge >= 0.3 is 6.01 Å². The fraction of sp³-hybridized carbons (Fsp3) is 0.154. The van der Waals surface area contributed by atoms with E-state index in [9.17, 15) is 0 Å². The Morgan fingerprint density at radius 3 is 2.63 bits per heavy atom. The predicted octanol–water partition coefficient (Wildman–Crippen LogP) is 1.87. The van der Waals surface area contributed by atoms with Crippen LogP contribution in [0.1, 0.15) is 11.4 Å². The van der Waals surface area contributed by atoms with Crippen molar-refractivity contribution in [1.82, 2.24) is 9.97 Å². The zero-order valence-corrected chi connectivity index (χ0v) is 10.7. The highest BCUT2D eigenvalue weighted by Crippen LogP contribution is 2.23. The maximum atomic E-state index is 7.38. The largest absolute Gasteiger partial charge is 0.497 e. The molecule has 2 aromatic rings. The molecular formula is C13H14N4O2. The van der Waals surface area contributed by atoms with Crippen LogP contribution < -0.4 is 15.2 Å². The lowest BCUT2D eigenvalue weighted by atomic mass is 10.3. The Hall–Kier alpha value is -2.63. The van der Waals surface area contributed by atoms with Crippen molar-refractivity contribution in [1.29, 1.82) is 5.41 Å². The average molecular weight is 258 g/mol. The Balaban J connectivity index is 2.29. The molecule has 0 saturated carbocycles. The Bertz CT molecular complexity index is 613. The van der Waals surface area contributed by atoms with Gasteiger partial charge in [0.2, 0.25) is 0 Å². The molecule has 0 spiro atoms. The van der Waals surface area contributed by atoms with Gasteiger partial charge in [-0.05, 0) is 25.1 Å². The highest BCUT2D eigenvalue weighted by Gasteiger charge is 2.07. The van der Waals surface area contributed by atoms with Crippen LogP contribution in [0.15, 0.2) is 30.3 Å². The first kappa shape index (κ1) is 12.8. The van der Waals surface area contributed by atoms with Crippen molar-refractivity contribution in [2.24, 2.45) is 5.73 Å². The molecular weight excluding hydrogens is 244 g/mol. The van der Waals surface area contributed by atoms with Crippen molar-refractivity contribution in [3.8, 4) is 17.5 Å². The summed E-state index contributed by atoms with van der Waals surface area (Å²) in [5.41, 5.74) is 6.43. The van der Waals surface area contributed by atoms with Gasteiger partial charge in [-0.1, -0.05) is 6.07 Å². The summed E-state index contributed by atoms with van der Waals surface area (Å²) in [5.74, 6) is 1.11. The average Bonchev–Trinajstić information content (AvgIpc) is 2.38. The van der Waals surface area contributed by atoms with E-state index in [2.05, 4.69) is 9.97 Å². The van der Waals surface area contributed by atoms with Crippen LogP contribution in [-0.2, 0) is 0 Å². The van der Waals surface area contributed by atoms with Crippen molar-refractivity contribution in [2.75, 3.05) is 7.11 Å². The number of methoxy groups -OCH3 is 1. The van der Waals surface area contributed by atoms with E-state index in [4.69, 9.17) is 20.6 Å². The Kier molecular flexibility index (Phi) is 3.61. The lowest BCUT2D eigenvalue weighted by Crippen LogP contribution is -2.14. The number of nitrogens with zero attached hydrogens (tertiary/aromatic N) is 2. The predicted molar refractivity (Wildman–Crippen MR) is 70.9 cm³/mol. The number of hydrogen-bond donors (Lipinski definition) is 2. The van der Waals surface area contributed by atoms with Gasteiger partial charge in [-0.15, -0.1) is 0 Å². The summed E-state index contributed by atoms with van der Waals surface area (Å²) < 4.78 is 10.6. The fourth-order valence-corrected chi connectivity index (χ4v) is 1.50. The lowest BCUT2D eigenvalue weighted by molar-refractivity contribution is 0.404. The van der Waals surface area contributed by atoms with Gasteiger partial charge in [-0.25, -0.2) is 4.98 Å². The van der Waals surface area contributed by atoms with Crippen LogP contribution in [0.3, 0.4) is 0 Å². The van der Waals surface area contributed by atoms with E-state index >= 15 is 0 Å². The molecule has 6 heteroatoms. The van der Waals surface area contributed by atoms with Crippen LogP contribution in [0.25, 0.3) is 0 Å². The van der Waals surface area contributed by atoms with Gasteiger partial charge in [-0.2, -0.15) is 4.98 Å². The monoisotopic (exact) mass is 258 g/mol. The molecule has 0 aliphatic rings. The second-order valence-electron chi connectivity index (χ2n) is 3.87. The summed E-state index contributed by atoms with van der Waals surface area (Å²) >= 11 is 0. The van der Waals surface area contributed by atoms with Gasteiger partial charge in [0.05, 0.1) is 7.11 Å². The molecule has 0 saturated heterocycles. The molecule has 0 fully saturated rings. The van der Waals surface area contributed by atoms with Crippen molar-refractivity contribution in [2.45, 2.75) is 6.92 Å². The molecule has 1 heterocycles. The topological polar surface area (TPSA) is 94.1 Å². The van der Waals surface area contributed by atoms with Gasteiger partial charge in [0.1, 0.15) is 23.0 Å². The number of aryl methyl sites for hydroxylation is 1. The third-order valence-corrected chi connectivity index (χ3v) is 2.36. The summed E-state index contributed by atoms with van der Waals surface area (Å²) in [4.78, 5) is 8.20. The van der Waals surface area contributed by atoms with E-state index in [-0.39, 0.29) is 11.8 Å². The van der Waals surface area contributed by atoms with Gasteiger partial charge in [-0.3, -0.25) is 5.41 Å². The molecule has 6 nitrogen and oxygen atoms in total. The second kappa shape index (κ2) is 5.34. The maximum Gasteiger partial charge on any atom is 0.322 e. The van der Waals surface area contributed by atoms with Crippen molar-refractivity contribution < 1.29 is 9.47 Å². The molecule has 0 unspecified atom stereocenters. The second-order valence-corrected chi connectivity index (χ2v) is 3.87. The smallest absolute Gasteiger partial charge is 0.322 e. The molecule has 3 N–H and O–H groups in total. The number of hydrogen-bond acceptors (Lipinski definition) is 5. The molecule has 19 heavy (non-hydrogen) atoms. The summed E-state index contributed by atoms with van der Waals surface area (Å²) in [6.07, 6.45) is 0. The molecule has 0 aliphatic heterocycles. The van der Waals surface area contributed by atoms with E-state index in [1.54, 1.807) is 38.3 Å². The highest BCUT2D eigenvalue weighted by atomic mass is 16.5. The number of ether oxygens (including phenoxy) is 2. The van der Waals surface area contributed by atoms with Crippen LogP contribution >= 0.6 is 0 Å². The molecule has 0 amide bonds. The van der Waals surface area contributed by atoms with E-state index in [0.717, 1.165) is 0 Å². The third-order valence-electron chi connectivity index (χ3n) is 2.36. The first-order valence-corrected chi connectivity index (χ1v) is 5.60. The van der Waals surface area contributed by atoms with Crippen molar-refractivity contribution in [3.63, 3.8) is 0 Å². The summed E-state index contributed by atoms with van der Waals surface area (Å²) in [5, 5.41) is 7.38. The third kappa shape index (κ3) is 3.19. The quantitative estimate of drug-likeness (QED) is 0.645. The highest BCUT2D eigenvalue weighted by molar-refractivity contribution is 5.93. The van der Waals surface area contributed by atoms with Gasteiger partial charge < -0.3 is 15.2 Å².